The van der Waals surface area contributed by atoms with Crippen LogP contribution in [0.1, 0.15) is 92.5 Å². The minimum atomic E-state index is -1.40. The average Bonchev–Trinajstić information content (AvgIpc) is 3.02. The van der Waals surface area contributed by atoms with Crippen LogP contribution in [0, 0.1) is 5.82 Å². The van der Waals surface area contributed by atoms with Crippen molar-refractivity contribution in [3.63, 3.8) is 0 Å². The highest BCUT2D eigenvalue weighted by atomic mass is 19.1. The van der Waals surface area contributed by atoms with Crippen LogP contribution in [-0.2, 0) is 6.42 Å². The average molecular weight is 645 g/mol. The van der Waals surface area contributed by atoms with Gasteiger partial charge < -0.3 is 24.4 Å². The van der Waals surface area contributed by atoms with E-state index >= 15 is 0 Å². The molecular weight excluding hydrogens is 599 g/mol. The molecule has 0 aromatic heterocycles. The first-order valence-corrected chi connectivity index (χ1v) is 15.9. The zero-order valence-electron chi connectivity index (χ0n) is 27.7. The molecule has 0 spiro atoms. The Morgan fingerprint density at radius 2 is 1.34 bits per heavy atom. The van der Waals surface area contributed by atoms with E-state index in [1.165, 1.54) is 35.4 Å². The van der Waals surface area contributed by atoms with Crippen LogP contribution in [0.2, 0.25) is 0 Å². The normalized spacial score (nSPS) is 11.6. The van der Waals surface area contributed by atoms with Gasteiger partial charge in [-0.15, -0.1) is 0 Å². The predicted octanol–water partition coefficient (Wildman–Crippen LogP) is 10.2. The van der Waals surface area contributed by atoms with Crippen molar-refractivity contribution in [2.75, 3.05) is 13.2 Å². The lowest BCUT2D eigenvalue weighted by Crippen LogP contribution is -2.13. The summed E-state index contributed by atoms with van der Waals surface area (Å²) in [5.41, 5.74) is 4.06. The fourth-order valence-electron chi connectivity index (χ4n) is 4.79. The van der Waals surface area contributed by atoms with E-state index in [1.807, 2.05) is 37.3 Å². The summed E-state index contributed by atoms with van der Waals surface area (Å²) in [6.07, 6.45) is 12.4. The molecule has 0 aliphatic rings. The number of benzene rings is 3. The number of ether oxygens (including phenoxy) is 3. The SMILES string of the molecule is CC(C)=CCCC(C)=CCCC(C)=CCOc1c(OCCCCc2ccc(Oc3ccc(F)cc3)cc2)ccc(C(=O)O)c1C(=O)O. The van der Waals surface area contributed by atoms with Gasteiger partial charge in [0.15, 0.2) is 11.5 Å². The highest BCUT2D eigenvalue weighted by molar-refractivity contribution is 6.04. The van der Waals surface area contributed by atoms with Crippen molar-refractivity contribution in [3.8, 4) is 23.0 Å². The van der Waals surface area contributed by atoms with Crippen LogP contribution in [0.4, 0.5) is 4.39 Å². The van der Waals surface area contributed by atoms with Crippen LogP contribution in [-0.4, -0.2) is 35.4 Å². The quantitative estimate of drug-likeness (QED) is 0.0989. The first kappa shape index (κ1) is 36.6. The third-order valence-corrected chi connectivity index (χ3v) is 7.44. The highest BCUT2D eigenvalue weighted by Crippen LogP contribution is 2.35. The lowest BCUT2D eigenvalue weighted by Gasteiger charge is -2.16. The van der Waals surface area contributed by atoms with E-state index in [9.17, 15) is 24.2 Å². The Labute approximate surface area is 277 Å². The van der Waals surface area contributed by atoms with Gasteiger partial charge in [0.25, 0.3) is 0 Å². The molecule has 3 rings (SSSR count). The first-order valence-electron chi connectivity index (χ1n) is 15.9. The molecule has 2 N–H and O–H groups in total. The molecule has 0 atom stereocenters. The lowest BCUT2D eigenvalue weighted by molar-refractivity contribution is 0.0647. The topological polar surface area (TPSA) is 102 Å². The zero-order chi connectivity index (χ0) is 34.2. The van der Waals surface area contributed by atoms with Gasteiger partial charge in [0.2, 0.25) is 0 Å². The fourth-order valence-corrected chi connectivity index (χ4v) is 4.79. The van der Waals surface area contributed by atoms with Gasteiger partial charge in [-0.25, -0.2) is 14.0 Å². The lowest BCUT2D eigenvalue weighted by atomic mass is 10.1. The summed E-state index contributed by atoms with van der Waals surface area (Å²) in [6, 6.07) is 16.2. The smallest absolute Gasteiger partial charge is 0.340 e. The molecule has 0 saturated carbocycles. The third kappa shape index (κ3) is 12.8. The Hall–Kier alpha value is -4.85. The number of carbonyl (C=O) groups is 2. The summed E-state index contributed by atoms with van der Waals surface area (Å²) in [7, 11) is 0. The minimum absolute atomic E-state index is 0.0791. The number of rotatable bonds is 19. The standard InChI is InChI=1S/C39H45FO7/c1-27(2)9-7-10-28(3)11-8-12-29(4)24-26-46-37-35(23-22-34(38(41)42)36(37)39(43)44)45-25-6-5-13-30-14-18-32(19-15-30)47-33-20-16-31(40)17-21-33/h9,11,14-24H,5-8,10,12-13,25-26H2,1-4H3,(H,41,42)(H,43,44). The summed E-state index contributed by atoms with van der Waals surface area (Å²) in [5, 5.41) is 19.5. The van der Waals surface area contributed by atoms with E-state index in [0.717, 1.165) is 49.7 Å². The molecule has 3 aromatic rings. The molecule has 0 saturated heterocycles. The molecule has 0 amide bonds. The van der Waals surface area contributed by atoms with Gasteiger partial charge in [0.1, 0.15) is 29.5 Å². The number of hydrogen-bond donors (Lipinski definition) is 2. The second kappa shape index (κ2) is 19.0. The zero-order valence-corrected chi connectivity index (χ0v) is 27.7. The molecule has 8 heteroatoms. The Balaban J connectivity index is 1.55. The molecule has 0 aliphatic carbocycles. The molecule has 0 radical (unpaired) electrons. The number of carboxylic acid groups (broad SMARTS) is 2. The van der Waals surface area contributed by atoms with Crippen molar-refractivity contribution in [2.24, 2.45) is 0 Å². The van der Waals surface area contributed by atoms with Gasteiger partial charge in [-0.2, -0.15) is 0 Å². The van der Waals surface area contributed by atoms with Gasteiger partial charge in [0, 0.05) is 0 Å². The molecule has 0 unspecified atom stereocenters. The molecule has 3 aromatic carbocycles. The van der Waals surface area contributed by atoms with Crippen molar-refractivity contribution < 1.29 is 38.4 Å². The molecule has 0 aliphatic heterocycles. The Morgan fingerprint density at radius 3 is 1.96 bits per heavy atom. The van der Waals surface area contributed by atoms with Crippen molar-refractivity contribution in [1.82, 2.24) is 0 Å². The largest absolute Gasteiger partial charge is 0.490 e. The molecule has 0 heterocycles. The Morgan fingerprint density at radius 1 is 0.723 bits per heavy atom. The molecule has 0 fully saturated rings. The summed E-state index contributed by atoms with van der Waals surface area (Å²) >= 11 is 0. The van der Waals surface area contributed by atoms with Gasteiger partial charge >= 0.3 is 11.9 Å². The maximum absolute atomic E-state index is 13.1. The Kier molecular flexibility index (Phi) is 14.8. The number of halogens is 1. The molecule has 47 heavy (non-hydrogen) atoms. The number of aryl methyl sites for hydroxylation is 1. The predicted molar refractivity (Wildman–Crippen MR) is 183 cm³/mol. The van der Waals surface area contributed by atoms with E-state index in [-0.39, 0.29) is 29.5 Å². The summed E-state index contributed by atoms with van der Waals surface area (Å²) in [4.78, 5) is 23.9. The van der Waals surface area contributed by atoms with Crippen molar-refractivity contribution >= 4 is 11.9 Å². The number of carboxylic acids is 2. The van der Waals surface area contributed by atoms with Gasteiger partial charge in [-0.05, 0) is 133 Å². The van der Waals surface area contributed by atoms with E-state index in [0.29, 0.717) is 24.5 Å². The number of hydrogen-bond acceptors (Lipinski definition) is 5. The maximum atomic E-state index is 13.1. The second-order valence-electron chi connectivity index (χ2n) is 11.7. The monoisotopic (exact) mass is 644 g/mol. The van der Waals surface area contributed by atoms with Crippen molar-refractivity contribution in [1.29, 1.82) is 0 Å². The minimum Gasteiger partial charge on any atom is -0.490 e. The Bertz CT molecular complexity index is 1560. The van der Waals surface area contributed by atoms with Crippen LogP contribution in [0.5, 0.6) is 23.0 Å². The molecule has 0 bridgehead atoms. The highest BCUT2D eigenvalue weighted by Gasteiger charge is 2.25. The van der Waals surface area contributed by atoms with Crippen molar-refractivity contribution in [2.45, 2.75) is 72.6 Å². The van der Waals surface area contributed by atoms with Gasteiger partial charge in [0.05, 0.1) is 12.2 Å². The fraction of sp³-hybridized carbons (Fsp3) is 0.333. The summed E-state index contributed by atoms with van der Waals surface area (Å²) in [5.74, 6) is -1.77. The summed E-state index contributed by atoms with van der Waals surface area (Å²) < 4.78 is 30.7. The first-order chi connectivity index (χ1) is 22.5. The summed E-state index contributed by atoms with van der Waals surface area (Å²) in [6.45, 7) is 8.70. The van der Waals surface area contributed by atoms with E-state index in [1.54, 1.807) is 12.1 Å². The van der Waals surface area contributed by atoms with Crippen LogP contribution in [0.25, 0.3) is 0 Å². The number of aromatic carboxylic acids is 2. The van der Waals surface area contributed by atoms with Crippen LogP contribution < -0.4 is 14.2 Å². The van der Waals surface area contributed by atoms with Crippen LogP contribution in [0.3, 0.4) is 0 Å². The third-order valence-electron chi connectivity index (χ3n) is 7.44. The molecule has 7 nitrogen and oxygen atoms in total. The van der Waals surface area contributed by atoms with Crippen molar-refractivity contribution in [3.05, 3.63) is 118 Å². The van der Waals surface area contributed by atoms with Gasteiger partial charge in [-0.1, -0.05) is 41.0 Å². The molecule has 250 valence electrons. The van der Waals surface area contributed by atoms with Gasteiger partial charge in [-0.3, -0.25) is 0 Å². The maximum Gasteiger partial charge on any atom is 0.340 e. The number of unbranched alkanes of at least 4 members (excludes halogenated alkanes) is 1. The second-order valence-corrected chi connectivity index (χ2v) is 11.7. The number of allylic oxidation sites excluding steroid dienone is 5. The van der Waals surface area contributed by atoms with Crippen LogP contribution >= 0.6 is 0 Å². The van der Waals surface area contributed by atoms with E-state index in [4.69, 9.17) is 14.2 Å². The van der Waals surface area contributed by atoms with E-state index < -0.39 is 17.5 Å². The molecular formula is C39H45FO7. The van der Waals surface area contributed by atoms with Crippen LogP contribution in [0.15, 0.2) is 95.6 Å². The van der Waals surface area contributed by atoms with E-state index in [2.05, 4.69) is 32.9 Å².